The molecule has 2 aromatic carbocycles. The number of aliphatic carboxylic acids is 1. The van der Waals surface area contributed by atoms with Gasteiger partial charge in [0.15, 0.2) is 23.0 Å². The van der Waals surface area contributed by atoms with Crippen LogP contribution in [0.15, 0.2) is 48.6 Å². The Morgan fingerprint density at radius 3 is 2.42 bits per heavy atom. The highest BCUT2D eigenvalue weighted by Gasteiger charge is 2.39. The lowest BCUT2D eigenvalue weighted by Gasteiger charge is -2.20. The molecule has 2 aromatic rings. The Bertz CT molecular complexity index is 928. The summed E-state index contributed by atoms with van der Waals surface area (Å²) in [6.45, 7) is 5.81. The third-order valence-corrected chi connectivity index (χ3v) is 4.33. The Kier molecular flexibility index (Phi) is 4.34. The lowest BCUT2D eigenvalue weighted by molar-refractivity contribution is -0.131. The number of ether oxygens (including phenoxy) is 1. The van der Waals surface area contributed by atoms with Crippen molar-refractivity contribution in [3.63, 3.8) is 0 Å². The van der Waals surface area contributed by atoms with Gasteiger partial charge in [0.05, 0.1) is 5.92 Å². The van der Waals surface area contributed by atoms with Crippen LogP contribution in [0.5, 0.6) is 23.0 Å². The van der Waals surface area contributed by atoms with Gasteiger partial charge in [-0.3, -0.25) is 0 Å². The fourth-order valence-electron chi connectivity index (χ4n) is 3.18. The van der Waals surface area contributed by atoms with E-state index in [1.165, 1.54) is 24.3 Å². The Labute approximate surface area is 149 Å². The first-order valence-corrected chi connectivity index (χ1v) is 7.90. The first-order chi connectivity index (χ1) is 12.3. The second kappa shape index (κ2) is 6.48. The lowest BCUT2D eigenvalue weighted by atomic mass is 9.83. The number of hydrogen-bond acceptors (Lipinski definition) is 5. The molecule has 26 heavy (non-hydrogen) atoms. The number of phenols is 3. The molecule has 1 heterocycles. The molecule has 0 radical (unpaired) electrons. The Hall–Kier alpha value is -3.41. The Morgan fingerprint density at radius 2 is 1.81 bits per heavy atom. The molecule has 2 atom stereocenters. The average Bonchev–Trinajstić information content (AvgIpc) is 2.98. The summed E-state index contributed by atoms with van der Waals surface area (Å²) in [4.78, 5) is 10.9. The standard InChI is InChI=1S/C20H18O6/c1-10(2)17-18-11(5-8-16(24)25)3-7-14(22)20(18)26-19(17)12-4-6-13(21)15(23)9-12/h3-9,17,19,21-23H,1H2,2H3,(H,24,25)/b8-5+/t17-,19+/m0/s1. The summed E-state index contributed by atoms with van der Waals surface area (Å²) < 4.78 is 5.96. The summed E-state index contributed by atoms with van der Waals surface area (Å²) in [5, 5.41) is 38.4. The van der Waals surface area contributed by atoms with E-state index in [1.54, 1.807) is 12.1 Å². The van der Waals surface area contributed by atoms with Crippen molar-refractivity contribution in [2.75, 3.05) is 0 Å². The van der Waals surface area contributed by atoms with Crippen molar-refractivity contribution < 1.29 is 30.0 Å². The predicted octanol–water partition coefficient (Wildman–Crippen LogP) is 3.69. The monoisotopic (exact) mass is 354 g/mol. The molecule has 0 spiro atoms. The largest absolute Gasteiger partial charge is 0.504 e. The van der Waals surface area contributed by atoms with Gasteiger partial charge in [0, 0.05) is 11.6 Å². The van der Waals surface area contributed by atoms with Gasteiger partial charge in [0.25, 0.3) is 0 Å². The number of benzene rings is 2. The molecule has 0 fully saturated rings. The normalized spacial score (nSPS) is 18.5. The van der Waals surface area contributed by atoms with Gasteiger partial charge in [0.1, 0.15) is 6.10 Å². The molecular weight excluding hydrogens is 336 g/mol. The van der Waals surface area contributed by atoms with Crippen LogP contribution >= 0.6 is 0 Å². The Morgan fingerprint density at radius 1 is 1.12 bits per heavy atom. The quantitative estimate of drug-likeness (QED) is 0.379. The number of carboxylic acids is 1. The minimum absolute atomic E-state index is 0.0655. The molecule has 0 saturated carbocycles. The van der Waals surface area contributed by atoms with E-state index in [9.17, 15) is 20.1 Å². The van der Waals surface area contributed by atoms with Crippen molar-refractivity contribution in [1.82, 2.24) is 0 Å². The summed E-state index contributed by atoms with van der Waals surface area (Å²) in [6, 6.07) is 7.42. The van der Waals surface area contributed by atoms with E-state index in [-0.39, 0.29) is 28.9 Å². The molecule has 6 heteroatoms. The molecule has 134 valence electrons. The lowest BCUT2D eigenvalue weighted by Crippen LogP contribution is -2.11. The van der Waals surface area contributed by atoms with Crippen molar-refractivity contribution in [2.45, 2.75) is 18.9 Å². The average molecular weight is 354 g/mol. The number of fused-ring (bicyclic) bond motifs is 1. The molecule has 1 aliphatic heterocycles. The van der Waals surface area contributed by atoms with Gasteiger partial charge >= 0.3 is 5.97 Å². The number of carbonyl (C=O) groups is 1. The summed E-state index contributed by atoms with van der Waals surface area (Å²) >= 11 is 0. The highest BCUT2D eigenvalue weighted by atomic mass is 16.5. The first-order valence-electron chi connectivity index (χ1n) is 7.90. The van der Waals surface area contributed by atoms with E-state index in [0.717, 1.165) is 11.6 Å². The Balaban J connectivity index is 2.15. The van der Waals surface area contributed by atoms with Gasteiger partial charge < -0.3 is 25.2 Å². The van der Waals surface area contributed by atoms with Crippen LogP contribution in [0.2, 0.25) is 0 Å². The molecule has 0 amide bonds. The molecule has 0 saturated heterocycles. The van der Waals surface area contributed by atoms with Gasteiger partial charge in [-0.05, 0) is 42.3 Å². The minimum Gasteiger partial charge on any atom is -0.504 e. The van der Waals surface area contributed by atoms with Crippen LogP contribution in [0.4, 0.5) is 0 Å². The second-order valence-corrected chi connectivity index (χ2v) is 6.20. The third-order valence-electron chi connectivity index (χ3n) is 4.33. The number of carboxylic acid groups (broad SMARTS) is 1. The first kappa shape index (κ1) is 17.4. The van der Waals surface area contributed by atoms with Crippen LogP contribution in [0.25, 0.3) is 6.08 Å². The van der Waals surface area contributed by atoms with E-state index in [1.807, 2.05) is 6.92 Å². The SMILES string of the molecule is C=C(C)[C@H]1c2c(/C=C/C(=O)O)ccc(O)c2O[C@@H]1c1ccc(O)c(O)c1. The number of hydrogen-bond donors (Lipinski definition) is 4. The van der Waals surface area contributed by atoms with E-state index in [2.05, 4.69) is 6.58 Å². The molecule has 0 bridgehead atoms. The molecule has 6 nitrogen and oxygen atoms in total. The van der Waals surface area contributed by atoms with Gasteiger partial charge in [-0.1, -0.05) is 24.3 Å². The summed E-state index contributed by atoms with van der Waals surface area (Å²) in [7, 11) is 0. The number of rotatable bonds is 4. The van der Waals surface area contributed by atoms with Crippen LogP contribution in [0.1, 0.15) is 35.6 Å². The van der Waals surface area contributed by atoms with Crippen LogP contribution in [0.3, 0.4) is 0 Å². The van der Waals surface area contributed by atoms with Crippen LogP contribution in [0, 0.1) is 0 Å². The zero-order valence-electron chi connectivity index (χ0n) is 14.0. The molecular formula is C20H18O6. The predicted molar refractivity (Wildman–Crippen MR) is 95.5 cm³/mol. The molecule has 1 aliphatic rings. The van der Waals surface area contributed by atoms with Crippen molar-refractivity contribution in [2.24, 2.45) is 0 Å². The molecule has 3 rings (SSSR count). The number of aromatic hydroxyl groups is 3. The minimum atomic E-state index is -1.09. The number of phenolic OH excluding ortho intramolecular Hbond substituents is 3. The molecule has 0 aromatic heterocycles. The molecule has 0 unspecified atom stereocenters. The maximum atomic E-state index is 10.9. The highest BCUT2D eigenvalue weighted by Crippen LogP contribution is 2.54. The smallest absolute Gasteiger partial charge is 0.328 e. The van der Waals surface area contributed by atoms with Crippen molar-refractivity contribution in [1.29, 1.82) is 0 Å². The fourth-order valence-corrected chi connectivity index (χ4v) is 3.18. The summed E-state index contributed by atoms with van der Waals surface area (Å²) in [6.07, 6.45) is 1.87. The van der Waals surface area contributed by atoms with Crippen LogP contribution in [-0.2, 0) is 4.79 Å². The van der Waals surface area contributed by atoms with Gasteiger partial charge in [-0.2, -0.15) is 0 Å². The van der Waals surface area contributed by atoms with Crippen molar-refractivity contribution in [3.8, 4) is 23.0 Å². The van der Waals surface area contributed by atoms with Crippen molar-refractivity contribution in [3.05, 3.63) is 65.3 Å². The van der Waals surface area contributed by atoms with E-state index in [0.29, 0.717) is 16.7 Å². The maximum Gasteiger partial charge on any atom is 0.328 e. The van der Waals surface area contributed by atoms with Gasteiger partial charge in [0.2, 0.25) is 0 Å². The summed E-state index contributed by atoms with van der Waals surface area (Å²) in [5.74, 6) is -1.79. The highest BCUT2D eigenvalue weighted by molar-refractivity contribution is 5.86. The van der Waals surface area contributed by atoms with Crippen LogP contribution < -0.4 is 4.74 Å². The van der Waals surface area contributed by atoms with Crippen molar-refractivity contribution >= 4 is 12.0 Å². The topological polar surface area (TPSA) is 107 Å². The van der Waals surface area contributed by atoms with Gasteiger partial charge in [-0.15, -0.1) is 0 Å². The maximum absolute atomic E-state index is 10.9. The van der Waals surface area contributed by atoms with Crippen LogP contribution in [-0.4, -0.2) is 26.4 Å². The third kappa shape index (κ3) is 2.97. The second-order valence-electron chi connectivity index (χ2n) is 6.20. The van der Waals surface area contributed by atoms with E-state index in [4.69, 9.17) is 9.84 Å². The zero-order valence-corrected chi connectivity index (χ0v) is 14.0. The fraction of sp³-hybridized carbons (Fsp3) is 0.150. The van der Waals surface area contributed by atoms with E-state index >= 15 is 0 Å². The molecule has 0 aliphatic carbocycles. The van der Waals surface area contributed by atoms with E-state index < -0.39 is 12.1 Å². The van der Waals surface area contributed by atoms with Gasteiger partial charge in [-0.25, -0.2) is 4.79 Å². The summed E-state index contributed by atoms with van der Waals surface area (Å²) in [5.41, 5.74) is 2.57. The molecule has 4 N–H and O–H groups in total. The zero-order chi connectivity index (χ0) is 19.0.